The van der Waals surface area contributed by atoms with Gasteiger partial charge in [0.15, 0.2) is 5.78 Å². The second-order valence-corrected chi connectivity index (χ2v) is 5.57. The zero-order chi connectivity index (χ0) is 14.7. The number of aromatic hydroxyl groups is 1. The second-order valence-electron chi connectivity index (χ2n) is 4.71. The minimum Gasteiger partial charge on any atom is -0.507 e. The molecule has 0 unspecified atom stereocenters. The van der Waals surface area contributed by atoms with E-state index in [1.165, 1.54) is 6.08 Å². The lowest BCUT2D eigenvalue weighted by molar-refractivity contribution is 0.104. The third-order valence-electron chi connectivity index (χ3n) is 2.81. The van der Waals surface area contributed by atoms with E-state index >= 15 is 0 Å². The van der Waals surface area contributed by atoms with Crippen LogP contribution in [-0.2, 0) is 0 Å². The van der Waals surface area contributed by atoms with Crippen LogP contribution in [0, 0.1) is 0 Å². The summed E-state index contributed by atoms with van der Waals surface area (Å²) in [5.41, 5.74) is 1.40. The lowest BCUT2D eigenvalue weighted by Crippen LogP contribution is -2.00. The van der Waals surface area contributed by atoms with Crippen LogP contribution in [0.5, 0.6) is 5.75 Å². The average Bonchev–Trinajstić information content (AvgIpc) is 2.89. The number of hydrogen-bond acceptors (Lipinski definition) is 3. The largest absolute Gasteiger partial charge is 0.507 e. The Balaban J connectivity index is 2.13. The molecule has 0 saturated carbocycles. The van der Waals surface area contributed by atoms with E-state index in [-0.39, 0.29) is 17.6 Å². The standard InChI is InChI=1S/C15H15BrN2O2/c1-10(2)18-9-12(8-17-18)14(19)5-3-11-4-6-15(20)13(16)7-11/h3-10,20H,1-2H3. The van der Waals surface area contributed by atoms with E-state index in [1.807, 2.05) is 13.8 Å². The minimum absolute atomic E-state index is 0.0962. The van der Waals surface area contributed by atoms with Crippen LogP contribution in [0.2, 0.25) is 0 Å². The lowest BCUT2D eigenvalue weighted by atomic mass is 10.1. The van der Waals surface area contributed by atoms with Gasteiger partial charge in [-0.1, -0.05) is 12.1 Å². The van der Waals surface area contributed by atoms with Crippen LogP contribution in [-0.4, -0.2) is 20.7 Å². The molecule has 1 aromatic carbocycles. The molecule has 0 aliphatic carbocycles. The number of nitrogens with zero attached hydrogens (tertiary/aromatic N) is 2. The molecule has 1 N–H and O–H groups in total. The molecule has 4 nitrogen and oxygen atoms in total. The zero-order valence-corrected chi connectivity index (χ0v) is 12.8. The third-order valence-corrected chi connectivity index (χ3v) is 3.45. The first-order valence-corrected chi connectivity index (χ1v) is 7.02. The Morgan fingerprint density at radius 2 is 2.20 bits per heavy atom. The lowest BCUT2D eigenvalue weighted by Gasteiger charge is -2.02. The Hall–Kier alpha value is -1.88. The highest BCUT2D eigenvalue weighted by Gasteiger charge is 2.07. The van der Waals surface area contributed by atoms with Gasteiger partial charge in [-0.25, -0.2) is 0 Å². The molecule has 2 aromatic rings. The molecule has 0 fully saturated rings. The number of phenolic OH excluding ortho intramolecular Hbond substituents is 1. The summed E-state index contributed by atoms with van der Waals surface area (Å²) in [6, 6.07) is 5.29. The quantitative estimate of drug-likeness (QED) is 0.682. The van der Waals surface area contributed by atoms with Gasteiger partial charge in [0.1, 0.15) is 5.75 Å². The summed E-state index contributed by atoms with van der Waals surface area (Å²) in [5, 5.41) is 13.5. The summed E-state index contributed by atoms with van der Waals surface area (Å²) in [6.45, 7) is 4.01. The minimum atomic E-state index is -0.0962. The topological polar surface area (TPSA) is 55.1 Å². The number of allylic oxidation sites excluding steroid dienone is 1. The molecule has 0 saturated heterocycles. The van der Waals surface area contributed by atoms with Gasteiger partial charge in [0.05, 0.1) is 16.2 Å². The van der Waals surface area contributed by atoms with E-state index < -0.39 is 0 Å². The van der Waals surface area contributed by atoms with Crippen LogP contribution in [0.15, 0.2) is 41.1 Å². The fourth-order valence-electron chi connectivity index (χ4n) is 1.64. The molecule has 104 valence electrons. The van der Waals surface area contributed by atoms with Gasteiger partial charge >= 0.3 is 0 Å². The average molecular weight is 335 g/mol. The smallest absolute Gasteiger partial charge is 0.189 e. The molecule has 0 atom stereocenters. The SMILES string of the molecule is CC(C)n1cc(C(=O)C=Cc2ccc(O)c(Br)c2)cn1. The van der Waals surface area contributed by atoms with Gasteiger partial charge in [0.2, 0.25) is 0 Å². The van der Waals surface area contributed by atoms with Crippen LogP contribution >= 0.6 is 15.9 Å². The number of carbonyl (C=O) groups is 1. The molecular formula is C15H15BrN2O2. The van der Waals surface area contributed by atoms with Gasteiger partial charge in [-0.15, -0.1) is 0 Å². The van der Waals surface area contributed by atoms with E-state index in [4.69, 9.17) is 0 Å². The Morgan fingerprint density at radius 3 is 2.80 bits per heavy atom. The van der Waals surface area contributed by atoms with Gasteiger partial charge in [0, 0.05) is 12.2 Å². The molecule has 0 bridgehead atoms. The predicted octanol–water partition coefficient (Wildman–Crippen LogP) is 3.83. The van der Waals surface area contributed by atoms with E-state index in [0.717, 1.165) is 5.56 Å². The first kappa shape index (κ1) is 14.5. The van der Waals surface area contributed by atoms with Crippen LogP contribution < -0.4 is 0 Å². The number of ketones is 1. The molecule has 1 aromatic heterocycles. The fourth-order valence-corrected chi connectivity index (χ4v) is 2.04. The summed E-state index contributed by atoms with van der Waals surface area (Å²) in [6.07, 6.45) is 6.52. The van der Waals surface area contributed by atoms with Gasteiger partial charge in [-0.2, -0.15) is 5.10 Å². The maximum absolute atomic E-state index is 12.0. The Kier molecular flexibility index (Phi) is 4.39. The van der Waals surface area contributed by atoms with E-state index in [1.54, 1.807) is 41.4 Å². The monoisotopic (exact) mass is 334 g/mol. The van der Waals surface area contributed by atoms with Crippen LogP contribution in [0.25, 0.3) is 6.08 Å². The summed E-state index contributed by atoms with van der Waals surface area (Å²) < 4.78 is 2.35. The summed E-state index contributed by atoms with van der Waals surface area (Å²) >= 11 is 3.24. The highest BCUT2D eigenvalue weighted by atomic mass is 79.9. The summed E-state index contributed by atoms with van der Waals surface area (Å²) in [4.78, 5) is 12.0. The molecule has 2 rings (SSSR count). The Bertz CT molecular complexity index is 660. The van der Waals surface area contributed by atoms with Crippen molar-refractivity contribution in [2.75, 3.05) is 0 Å². The first-order valence-electron chi connectivity index (χ1n) is 6.22. The Labute approximate surface area is 125 Å². The molecule has 0 radical (unpaired) electrons. The van der Waals surface area contributed by atoms with E-state index in [2.05, 4.69) is 21.0 Å². The molecule has 5 heteroatoms. The van der Waals surface area contributed by atoms with Crippen LogP contribution in [0.3, 0.4) is 0 Å². The predicted molar refractivity (Wildman–Crippen MR) is 81.8 cm³/mol. The van der Waals surface area contributed by atoms with Gasteiger partial charge < -0.3 is 5.11 Å². The molecule has 0 amide bonds. The number of rotatable bonds is 4. The molecule has 20 heavy (non-hydrogen) atoms. The number of phenols is 1. The van der Waals surface area contributed by atoms with Crippen molar-refractivity contribution in [3.8, 4) is 5.75 Å². The van der Waals surface area contributed by atoms with Crippen molar-refractivity contribution in [2.24, 2.45) is 0 Å². The third kappa shape index (κ3) is 3.36. The van der Waals surface area contributed by atoms with Crippen molar-refractivity contribution in [2.45, 2.75) is 19.9 Å². The van der Waals surface area contributed by atoms with Crippen molar-refractivity contribution >= 4 is 27.8 Å². The number of benzene rings is 1. The molecule has 0 aliphatic rings. The van der Waals surface area contributed by atoms with Gasteiger partial charge in [0.25, 0.3) is 0 Å². The van der Waals surface area contributed by atoms with Crippen LogP contribution in [0.4, 0.5) is 0 Å². The number of hydrogen-bond donors (Lipinski definition) is 1. The Morgan fingerprint density at radius 1 is 1.45 bits per heavy atom. The number of aromatic nitrogens is 2. The fraction of sp³-hybridized carbons (Fsp3) is 0.200. The normalized spacial score (nSPS) is 11.4. The van der Waals surface area contributed by atoms with Crippen molar-refractivity contribution in [1.82, 2.24) is 9.78 Å². The van der Waals surface area contributed by atoms with Gasteiger partial charge in [-0.3, -0.25) is 9.48 Å². The second kappa shape index (κ2) is 6.05. The number of halogens is 1. The highest BCUT2D eigenvalue weighted by Crippen LogP contribution is 2.24. The van der Waals surface area contributed by atoms with Crippen molar-refractivity contribution < 1.29 is 9.90 Å². The maximum Gasteiger partial charge on any atom is 0.189 e. The molecule has 1 heterocycles. The van der Waals surface area contributed by atoms with Crippen LogP contribution in [0.1, 0.15) is 35.8 Å². The zero-order valence-electron chi connectivity index (χ0n) is 11.2. The molecule has 0 spiro atoms. The maximum atomic E-state index is 12.0. The van der Waals surface area contributed by atoms with Crippen molar-refractivity contribution in [1.29, 1.82) is 0 Å². The highest BCUT2D eigenvalue weighted by molar-refractivity contribution is 9.10. The van der Waals surface area contributed by atoms with Gasteiger partial charge in [-0.05, 0) is 53.5 Å². The first-order chi connectivity index (χ1) is 9.47. The summed E-state index contributed by atoms with van der Waals surface area (Å²) in [7, 11) is 0. The summed E-state index contributed by atoms with van der Waals surface area (Å²) in [5.74, 6) is 0.0767. The number of carbonyl (C=O) groups excluding carboxylic acids is 1. The van der Waals surface area contributed by atoms with Crippen molar-refractivity contribution in [3.05, 3.63) is 52.3 Å². The molecular weight excluding hydrogens is 320 g/mol. The molecule has 0 aliphatic heterocycles. The van der Waals surface area contributed by atoms with E-state index in [0.29, 0.717) is 10.0 Å². The van der Waals surface area contributed by atoms with E-state index in [9.17, 15) is 9.90 Å². The van der Waals surface area contributed by atoms with Crippen molar-refractivity contribution in [3.63, 3.8) is 0 Å².